The SMILES string of the molecule is Cc1nc(-n2cccc2)sc1C(=O)NC1CCN(C2CCS(=O)(=O)C2)CC1. The van der Waals surface area contributed by atoms with Crippen LogP contribution in [0.25, 0.3) is 5.13 Å². The highest BCUT2D eigenvalue weighted by Gasteiger charge is 2.34. The van der Waals surface area contributed by atoms with Gasteiger partial charge in [-0.15, -0.1) is 0 Å². The molecule has 27 heavy (non-hydrogen) atoms. The minimum atomic E-state index is -2.85. The van der Waals surface area contributed by atoms with E-state index in [0.717, 1.165) is 43.2 Å². The molecule has 146 valence electrons. The minimum absolute atomic E-state index is 0.0645. The number of nitrogens with zero attached hydrogens (tertiary/aromatic N) is 3. The zero-order chi connectivity index (χ0) is 19.0. The fourth-order valence-electron chi connectivity index (χ4n) is 3.89. The van der Waals surface area contributed by atoms with Crippen LogP contribution in [0.5, 0.6) is 0 Å². The Labute approximate surface area is 163 Å². The molecule has 0 saturated carbocycles. The molecule has 0 radical (unpaired) electrons. The molecule has 2 aliphatic rings. The molecule has 4 rings (SSSR count). The predicted octanol–water partition coefficient (Wildman–Crippen LogP) is 1.62. The van der Waals surface area contributed by atoms with Gasteiger partial charge in [0.1, 0.15) is 4.88 Å². The van der Waals surface area contributed by atoms with E-state index in [9.17, 15) is 13.2 Å². The van der Waals surface area contributed by atoms with Crippen molar-refractivity contribution in [2.75, 3.05) is 24.6 Å². The molecule has 9 heteroatoms. The van der Waals surface area contributed by atoms with Crippen LogP contribution in [-0.4, -0.2) is 65.5 Å². The van der Waals surface area contributed by atoms with Crippen LogP contribution in [-0.2, 0) is 9.84 Å². The number of amides is 1. The van der Waals surface area contributed by atoms with Crippen molar-refractivity contribution < 1.29 is 13.2 Å². The van der Waals surface area contributed by atoms with Crippen LogP contribution in [0, 0.1) is 6.92 Å². The first-order valence-electron chi connectivity index (χ1n) is 9.27. The smallest absolute Gasteiger partial charge is 0.263 e. The van der Waals surface area contributed by atoms with Gasteiger partial charge in [0.15, 0.2) is 15.0 Å². The standard InChI is InChI=1S/C18H24N4O3S2/c1-13-16(26-18(19-13)22-7-2-3-8-22)17(23)20-14-4-9-21(10-5-14)15-6-11-27(24,25)12-15/h2-3,7-8,14-15H,4-6,9-12H2,1H3,(H,20,23). The molecule has 4 heterocycles. The second kappa shape index (κ2) is 7.37. The summed E-state index contributed by atoms with van der Waals surface area (Å²) in [5.41, 5.74) is 0.745. The lowest BCUT2D eigenvalue weighted by Gasteiger charge is -2.35. The zero-order valence-corrected chi connectivity index (χ0v) is 16.9. The first-order valence-corrected chi connectivity index (χ1v) is 11.9. The molecule has 1 N–H and O–H groups in total. The number of aryl methyl sites for hydroxylation is 1. The Kier molecular flexibility index (Phi) is 5.09. The van der Waals surface area contributed by atoms with E-state index in [1.54, 1.807) is 0 Å². The number of hydrogen-bond donors (Lipinski definition) is 1. The Balaban J connectivity index is 1.34. The van der Waals surface area contributed by atoms with Crippen LogP contribution >= 0.6 is 11.3 Å². The molecule has 7 nitrogen and oxygen atoms in total. The Hall–Kier alpha value is -1.71. The lowest BCUT2D eigenvalue weighted by Crippen LogP contribution is -2.48. The van der Waals surface area contributed by atoms with Crippen molar-refractivity contribution in [3.05, 3.63) is 35.1 Å². The summed E-state index contributed by atoms with van der Waals surface area (Å²) in [4.78, 5) is 20.1. The van der Waals surface area contributed by atoms with Gasteiger partial charge in [-0.1, -0.05) is 11.3 Å². The van der Waals surface area contributed by atoms with E-state index in [1.807, 2.05) is 36.0 Å². The first kappa shape index (κ1) is 18.6. The number of likely N-dealkylation sites (tertiary alicyclic amines) is 1. The third kappa shape index (κ3) is 4.09. The number of sulfone groups is 1. The van der Waals surface area contributed by atoms with E-state index in [2.05, 4.69) is 15.2 Å². The molecule has 2 fully saturated rings. The van der Waals surface area contributed by atoms with Crippen molar-refractivity contribution in [2.45, 2.75) is 38.3 Å². The molecule has 1 atom stereocenters. The summed E-state index contributed by atoms with van der Waals surface area (Å²) in [6.07, 6.45) is 6.27. The van der Waals surface area contributed by atoms with Crippen LogP contribution in [0.15, 0.2) is 24.5 Å². The third-order valence-electron chi connectivity index (χ3n) is 5.41. The number of nitrogens with one attached hydrogen (secondary N) is 1. The molecular formula is C18H24N4O3S2. The van der Waals surface area contributed by atoms with Gasteiger partial charge in [0.05, 0.1) is 17.2 Å². The molecule has 0 bridgehead atoms. The van der Waals surface area contributed by atoms with Crippen molar-refractivity contribution in [1.82, 2.24) is 19.8 Å². The van der Waals surface area contributed by atoms with E-state index in [0.29, 0.717) is 10.6 Å². The Bertz CT molecular complexity index is 913. The van der Waals surface area contributed by atoms with Gasteiger partial charge in [-0.3, -0.25) is 9.69 Å². The van der Waals surface area contributed by atoms with Crippen molar-refractivity contribution in [3.63, 3.8) is 0 Å². The van der Waals surface area contributed by atoms with Crippen LogP contribution in [0.2, 0.25) is 0 Å². The normalized spacial score (nSPS) is 23.5. The van der Waals surface area contributed by atoms with Gasteiger partial charge < -0.3 is 9.88 Å². The van der Waals surface area contributed by atoms with Gasteiger partial charge in [0, 0.05) is 37.6 Å². The molecule has 1 amide bonds. The summed E-state index contributed by atoms with van der Waals surface area (Å²) in [6.45, 7) is 3.53. The topological polar surface area (TPSA) is 84.3 Å². The van der Waals surface area contributed by atoms with Crippen molar-refractivity contribution in [3.8, 4) is 5.13 Å². The lowest BCUT2D eigenvalue weighted by atomic mass is 10.0. The van der Waals surface area contributed by atoms with Gasteiger partial charge in [0.25, 0.3) is 5.91 Å². The van der Waals surface area contributed by atoms with Crippen molar-refractivity contribution in [2.24, 2.45) is 0 Å². The maximum Gasteiger partial charge on any atom is 0.263 e. The second-order valence-corrected chi connectivity index (χ2v) is 10.5. The quantitative estimate of drug-likeness (QED) is 0.831. The monoisotopic (exact) mass is 408 g/mol. The van der Waals surface area contributed by atoms with Gasteiger partial charge in [0.2, 0.25) is 0 Å². The van der Waals surface area contributed by atoms with E-state index >= 15 is 0 Å². The number of carbonyl (C=O) groups is 1. The molecule has 1 unspecified atom stereocenters. The summed E-state index contributed by atoms with van der Waals surface area (Å²) in [5.74, 6) is 0.528. The molecule has 2 aliphatic heterocycles. The summed E-state index contributed by atoms with van der Waals surface area (Å²) in [7, 11) is -2.85. The average molecular weight is 409 g/mol. The molecule has 0 aromatic carbocycles. The van der Waals surface area contributed by atoms with Gasteiger partial charge in [-0.25, -0.2) is 13.4 Å². The third-order valence-corrected chi connectivity index (χ3v) is 8.33. The Morgan fingerprint density at radius 2 is 1.93 bits per heavy atom. The van der Waals surface area contributed by atoms with E-state index < -0.39 is 9.84 Å². The van der Waals surface area contributed by atoms with Gasteiger partial charge in [-0.05, 0) is 38.3 Å². The van der Waals surface area contributed by atoms with Crippen molar-refractivity contribution >= 4 is 27.1 Å². The molecular weight excluding hydrogens is 384 g/mol. The highest BCUT2D eigenvalue weighted by molar-refractivity contribution is 7.91. The second-order valence-electron chi connectivity index (χ2n) is 7.34. The maximum atomic E-state index is 12.7. The lowest BCUT2D eigenvalue weighted by molar-refractivity contribution is 0.0901. The molecule has 2 saturated heterocycles. The molecule has 2 aromatic rings. The predicted molar refractivity (Wildman–Crippen MR) is 105 cm³/mol. The highest BCUT2D eigenvalue weighted by Crippen LogP contribution is 2.24. The molecule has 0 spiro atoms. The molecule has 2 aromatic heterocycles. The Morgan fingerprint density at radius 3 is 2.56 bits per heavy atom. The first-order chi connectivity index (χ1) is 12.9. The number of hydrogen-bond acceptors (Lipinski definition) is 6. The van der Waals surface area contributed by atoms with E-state index in [1.165, 1.54) is 11.3 Å². The number of rotatable bonds is 4. The van der Waals surface area contributed by atoms with Crippen LogP contribution in [0.4, 0.5) is 0 Å². The largest absolute Gasteiger partial charge is 0.348 e. The highest BCUT2D eigenvalue weighted by atomic mass is 32.2. The number of carbonyl (C=O) groups excluding carboxylic acids is 1. The minimum Gasteiger partial charge on any atom is -0.348 e. The zero-order valence-electron chi connectivity index (χ0n) is 15.3. The van der Waals surface area contributed by atoms with Gasteiger partial charge >= 0.3 is 0 Å². The number of piperidine rings is 1. The summed E-state index contributed by atoms with van der Waals surface area (Å²) in [6, 6.07) is 4.14. The molecule has 0 aliphatic carbocycles. The summed E-state index contributed by atoms with van der Waals surface area (Å²) < 4.78 is 25.3. The van der Waals surface area contributed by atoms with Crippen LogP contribution in [0.1, 0.15) is 34.6 Å². The Morgan fingerprint density at radius 1 is 1.22 bits per heavy atom. The number of thiazole rings is 1. The average Bonchev–Trinajstić information content (AvgIpc) is 3.35. The number of aromatic nitrogens is 2. The fraction of sp³-hybridized carbons (Fsp3) is 0.556. The summed E-state index contributed by atoms with van der Waals surface area (Å²) in [5, 5.41) is 3.93. The van der Waals surface area contributed by atoms with E-state index in [4.69, 9.17) is 0 Å². The van der Waals surface area contributed by atoms with Gasteiger partial charge in [-0.2, -0.15) is 0 Å². The van der Waals surface area contributed by atoms with Crippen LogP contribution in [0.3, 0.4) is 0 Å². The van der Waals surface area contributed by atoms with Crippen molar-refractivity contribution in [1.29, 1.82) is 0 Å². The van der Waals surface area contributed by atoms with Crippen LogP contribution < -0.4 is 5.32 Å². The fourth-order valence-corrected chi connectivity index (χ4v) is 6.59. The summed E-state index contributed by atoms with van der Waals surface area (Å²) >= 11 is 1.40. The maximum absolute atomic E-state index is 12.7. The van der Waals surface area contributed by atoms with E-state index in [-0.39, 0.29) is 23.7 Å².